The van der Waals surface area contributed by atoms with Gasteiger partial charge in [0.25, 0.3) is 0 Å². The molecule has 4 nitrogen and oxygen atoms in total. The molecule has 1 aromatic rings. The molecule has 0 spiro atoms. The maximum absolute atomic E-state index is 11.2. The molecule has 0 aromatic heterocycles. The van der Waals surface area contributed by atoms with Gasteiger partial charge >= 0.3 is 0 Å². The molecule has 0 fully saturated rings. The molecule has 5 N–H and O–H groups in total. The summed E-state index contributed by atoms with van der Waals surface area (Å²) < 4.78 is 0. The Morgan fingerprint density at radius 2 is 2.00 bits per heavy atom. The topological polar surface area (TPSA) is 81.1 Å². The molecule has 0 aliphatic heterocycles. The van der Waals surface area contributed by atoms with Gasteiger partial charge in [0.05, 0.1) is 0 Å². The molecule has 1 aromatic carbocycles. The van der Waals surface area contributed by atoms with Gasteiger partial charge in [-0.15, -0.1) is 0 Å². The Balaban J connectivity index is 2.50. The first-order chi connectivity index (χ1) is 7.22. The van der Waals surface area contributed by atoms with Crippen molar-refractivity contribution < 1.29 is 4.79 Å². The third kappa shape index (κ3) is 4.28. The van der Waals surface area contributed by atoms with Gasteiger partial charge in [-0.25, -0.2) is 0 Å². The lowest BCUT2D eigenvalue weighted by Gasteiger charge is -1.98. The molecule has 80 valence electrons. The lowest BCUT2D eigenvalue weighted by Crippen LogP contribution is -2.27. The monoisotopic (exact) mass is 205 g/mol. The van der Waals surface area contributed by atoms with Crippen molar-refractivity contribution >= 4 is 17.7 Å². The van der Waals surface area contributed by atoms with E-state index in [4.69, 9.17) is 11.5 Å². The zero-order valence-electron chi connectivity index (χ0n) is 8.44. The van der Waals surface area contributed by atoms with Crippen molar-refractivity contribution in [3.8, 4) is 0 Å². The summed E-state index contributed by atoms with van der Waals surface area (Å²) in [6, 6.07) is 7.28. The van der Waals surface area contributed by atoms with E-state index in [0.717, 1.165) is 5.56 Å². The second-order valence-electron chi connectivity index (χ2n) is 3.08. The van der Waals surface area contributed by atoms with Crippen LogP contribution in [0.5, 0.6) is 0 Å². The molecule has 1 rings (SSSR count). The first kappa shape index (κ1) is 11.3. The number of rotatable bonds is 4. The molecule has 0 unspecified atom stereocenters. The summed E-state index contributed by atoms with van der Waals surface area (Å²) in [7, 11) is 0. The minimum atomic E-state index is -0.141. The van der Waals surface area contributed by atoms with Crippen LogP contribution in [-0.2, 0) is 4.79 Å². The maximum atomic E-state index is 11.2. The molecule has 15 heavy (non-hydrogen) atoms. The highest BCUT2D eigenvalue weighted by atomic mass is 16.1. The van der Waals surface area contributed by atoms with E-state index < -0.39 is 0 Å². The molecule has 0 saturated heterocycles. The fraction of sp³-hybridized carbons (Fsp3) is 0.182. The van der Waals surface area contributed by atoms with E-state index in [1.54, 1.807) is 18.2 Å². The summed E-state index contributed by atoms with van der Waals surface area (Å²) in [6.45, 7) is 0.937. The van der Waals surface area contributed by atoms with Crippen LogP contribution in [0.3, 0.4) is 0 Å². The lowest BCUT2D eigenvalue weighted by atomic mass is 10.2. The van der Waals surface area contributed by atoms with Crippen LogP contribution < -0.4 is 16.8 Å². The summed E-state index contributed by atoms with van der Waals surface area (Å²) in [5, 5.41) is 2.64. The van der Waals surface area contributed by atoms with E-state index >= 15 is 0 Å². The summed E-state index contributed by atoms with van der Waals surface area (Å²) >= 11 is 0. The predicted octanol–water partition coefficient (Wildman–Crippen LogP) is 0.357. The van der Waals surface area contributed by atoms with Crippen LogP contribution in [-0.4, -0.2) is 19.0 Å². The SMILES string of the molecule is NCCNC(=O)/C=C/c1ccc(N)cc1. The highest BCUT2D eigenvalue weighted by Gasteiger charge is 1.92. The van der Waals surface area contributed by atoms with Crippen molar-refractivity contribution in [1.82, 2.24) is 5.32 Å². The summed E-state index contributed by atoms with van der Waals surface area (Å²) in [5.41, 5.74) is 12.4. The Bertz CT molecular complexity index is 343. The van der Waals surface area contributed by atoms with Gasteiger partial charge < -0.3 is 16.8 Å². The van der Waals surface area contributed by atoms with Gasteiger partial charge in [0.2, 0.25) is 5.91 Å². The Hall–Kier alpha value is -1.81. The number of amides is 1. The van der Waals surface area contributed by atoms with Crippen molar-refractivity contribution in [2.24, 2.45) is 5.73 Å². The molecule has 0 radical (unpaired) electrons. The Morgan fingerprint density at radius 1 is 1.33 bits per heavy atom. The average Bonchev–Trinajstić information content (AvgIpc) is 2.25. The first-order valence-corrected chi connectivity index (χ1v) is 4.74. The Morgan fingerprint density at radius 3 is 2.60 bits per heavy atom. The highest BCUT2D eigenvalue weighted by molar-refractivity contribution is 5.91. The van der Waals surface area contributed by atoms with Crippen molar-refractivity contribution in [3.63, 3.8) is 0 Å². The normalized spacial score (nSPS) is 10.5. The molecule has 0 atom stereocenters. The van der Waals surface area contributed by atoms with Crippen molar-refractivity contribution in [2.75, 3.05) is 18.8 Å². The third-order valence-corrected chi connectivity index (χ3v) is 1.81. The largest absolute Gasteiger partial charge is 0.399 e. The molecule has 4 heteroatoms. The van der Waals surface area contributed by atoms with Crippen LogP contribution in [0.15, 0.2) is 30.3 Å². The van der Waals surface area contributed by atoms with Crippen LogP contribution >= 0.6 is 0 Å². The van der Waals surface area contributed by atoms with Crippen molar-refractivity contribution in [1.29, 1.82) is 0 Å². The Kier molecular flexibility index (Phi) is 4.37. The van der Waals surface area contributed by atoms with Gasteiger partial charge in [0.15, 0.2) is 0 Å². The number of carbonyl (C=O) groups excluding carboxylic acids is 1. The minimum Gasteiger partial charge on any atom is -0.399 e. The van der Waals surface area contributed by atoms with E-state index in [-0.39, 0.29) is 5.91 Å². The van der Waals surface area contributed by atoms with E-state index in [2.05, 4.69) is 5.32 Å². The molecule has 0 saturated carbocycles. The first-order valence-electron chi connectivity index (χ1n) is 4.74. The van der Waals surface area contributed by atoms with Gasteiger partial charge in [0.1, 0.15) is 0 Å². The van der Waals surface area contributed by atoms with Crippen molar-refractivity contribution in [2.45, 2.75) is 0 Å². The number of benzene rings is 1. The van der Waals surface area contributed by atoms with E-state index in [1.165, 1.54) is 6.08 Å². The second kappa shape index (κ2) is 5.82. The lowest BCUT2D eigenvalue weighted by molar-refractivity contribution is -0.116. The maximum Gasteiger partial charge on any atom is 0.244 e. The molecule has 0 heterocycles. The average molecular weight is 205 g/mol. The van der Waals surface area contributed by atoms with Crippen LogP contribution in [0.25, 0.3) is 6.08 Å². The smallest absolute Gasteiger partial charge is 0.244 e. The number of carbonyl (C=O) groups is 1. The van der Waals surface area contributed by atoms with E-state index in [0.29, 0.717) is 18.8 Å². The van der Waals surface area contributed by atoms with Gasteiger partial charge in [-0.2, -0.15) is 0 Å². The quantitative estimate of drug-likeness (QED) is 0.490. The summed E-state index contributed by atoms with van der Waals surface area (Å²) in [4.78, 5) is 11.2. The zero-order valence-corrected chi connectivity index (χ0v) is 8.44. The fourth-order valence-corrected chi connectivity index (χ4v) is 1.03. The molecule has 0 aliphatic rings. The summed E-state index contributed by atoms with van der Waals surface area (Å²) in [6.07, 6.45) is 3.20. The van der Waals surface area contributed by atoms with Gasteiger partial charge in [0, 0.05) is 24.9 Å². The molecule has 0 aliphatic carbocycles. The third-order valence-electron chi connectivity index (χ3n) is 1.81. The van der Waals surface area contributed by atoms with E-state index in [1.807, 2.05) is 12.1 Å². The predicted molar refractivity (Wildman–Crippen MR) is 62.0 cm³/mol. The summed E-state index contributed by atoms with van der Waals surface area (Å²) in [5.74, 6) is -0.141. The number of nitrogen functional groups attached to an aromatic ring is 1. The van der Waals surface area contributed by atoms with Crippen molar-refractivity contribution in [3.05, 3.63) is 35.9 Å². The number of hydrogen-bond acceptors (Lipinski definition) is 3. The molecule has 0 bridgehead atoms. The Labute approximate surface area is 89.0 Å². The van der Waals surface area contributed by atoms with Gasteiger partial charge in [-0.1, -0.05) is 12.1 Å². The molecular weight excluding hydrogens is 190 g/mol. The highest BCUT2D eigenvalue weighted by Crippen LogP contribution is 2.06. The van der Waals surface area contributed by atoms with Gasteiger partial charge in [-0.3, -0.25) is 4.79 Å². The fourth-order valence-electron chi connectivity index (χ4n) is 1.03. The van der Waals surface area contributed by atoms with Gasteiger partial charge in [-0.05, 0) is 23.8 Å². The molecule has 1 amide bonds. The zero-order chi connectivity index (χ0) is 11.1. The molecular formula is C11H15N3O. The van der Waals surface area contributed by atoms with Crippen LogP contribution in [0.4, 0.5) is 5.69 Å². The van der Waals surface area contributed by atoms with Crippen LogP contribution in [0, 0.1) is 0 Å². The second-order valence-corrected chi connectivity index (χ2v) is 3.08. The van der Waals surface area contributed by atoms with E-state index in [9.17, 15) is 4.79 Å². The standard InChI is InChI=1S/C11H15N3O/c12-7-8-14-11(15)6-3-9-1-4-10(13)5-2-9/h1-6H,7-8,12-13H2,(H,14,15)/b6-3+. The number of hydrogen-bond donors (Lipinski definition) is 3. The van der Waals surface area contributed by atoms with Crippen LogP contribution in [0.1, 0.15) is 5.56 Å². The minimum absolute atomic E-state index is 0.141. The number of anilines is 1. The number of nitrogens with one attached hydrogen (secondary N) is 1. The van der Waals surface area contributed by atoms with Crippen LogP contribution in [0.2, 0.25) is 0 Å². The number of nitrogens with two attached hydrogens (primary N) is 2.